The number of non-ortho nitro benzene ring substituents is 1. The van der Waals surface area contributed by atoms with Gasteiger partial charge in [0.15, 0.2) is 5.11 Å². The Hall–Kier alpha value is -3.60. The zero-order valence-electron chi connectivity index (χ0n) is 12.5. The predicted octanol–water partition coefficient (Wildman–Crippen LogP) is 2.46. The van der Waals surface area contributed by atoms with Crippen molar-refractivity contribution in [3.63, 3.8) is 0 Å². The Kier molecular flexibility index (Phi) is 5.53. The molecule has 128 valence electrons. The molecule has 0 saturated carbocycles. The molecule has 0 bridgehead atoms. The van der Waals surface area contributed by atoms with Crippen LogP contribution in [-0.4, -0.2) is 21.2 Å². The minimum Gasteiger partial charge on any atom is -0.449 e. The molecule has 0 radical (unpaired) electrons. The maximum Gasteiger partial charge on any atom is 0.318 e. The van der Waals surface area contributed by atoms with Gasteiger partial charge in [-0.25, -0.2) is 0 Å². The topological polar surface area (TPSA) is 146 Å². The lowest BCUT2D eigenvalue weighted by molar-refractivity contribution is -0.394. The zero-order chi connectivity index (χ0) is 18.4. The summed E-state index contributed by atoms with van der Waals surface area (Å²) < 4.78 is 5.55. The van der Waals surface area contributed by atoms with Gasteiger partial charge in [0.1, 0.15) is 5.75 Å². The van der Waals surface area contributed by atoms with Crippen LogP contribution in [0.25, 0.3) is 0 Å². The second kappa shape index (κ2) is 7.79. The van der Waals surface area contributed by atoms with Gasteiger partial charge in [-0.05, 0) is 30.4 Å². The van der Waals surface area contributed by atoms with Gasteiger partial charge in [0.25, 0.3) is 5.69 Å². The van der Waals surface area contributed by atoms with E-state index in [1.165, 1.54) is 6.21 Å². The van der Waals surface area contributed by atoms with Gasteiger partial charge >= 0.3 is 5.69 Å². The van der Waals surface area contributed by atoms with Crippen LogP contribution in [0.5, 0.6) is 11.5 Å². The van der Waals surface area contributed by atoms with Crippen molar-refractivity contribution < 1.29 is 14.6 Å². The molecule has 2 rings (SSSR count). The number of nitrogens with zero attached hydrogens (tertiary/aromatic N) is 3. The number of thiocarbonyl (C=S) groups is 1. The molecular weight excluding hydrogens is 350 g/mol. The summed E-state index contributed by atoms with van der Waals surface area (Å²) in [5.74, 6) is 0.117. The number of rotatable bonds is 6. The van der Waals surface area contributed by atoms with Crippen molar-refractivity contribution in [2.45, 2.75) is 0 Å². The highest BCUT2D eigenvalue weighted by Gasteiger charge is 2.21. The van der Waals surface area contributed by atoms with E-state index in [2.05, 4.69) is 22.7 Å². The molecule has 0 atom stereocenters. The SMILES string of the molecule is NC(=S)N/N=C/c1ccccc1Oc1ccc([N+](=O)[O-])cc1[N+](=O)[O-]. The molecule has 0 aliphatic heterocycles. The normalized spacial score (nSPS) is 10.4. The molecule has 10 nitrogen and oxygen atoms in total. The summed E-state index contributed by atoms with van der Waals surface area (Å²) in [6.07, 6.45) is 1.37. The van der Waals surface area contributed by atoms with E-state index >= 15 is 0 Å². The molecule has 11 heteroatoms. The number of hydrogen-bond acceptors (Lipinski definition) is 7. The Labute approximate surface area is 146 Å². The highest BCUT2D eigenvalue weighted by molar-refractivity contribution is 7.80. The summed E-state index contributed by atoms with van der Waals surface area (Å²) >= 11 is 4.62. The average molecular weight is 361 g/mol. The van der Waals surface area contributed by atoms with Crippen molar-refractivity contribution in [1.82, 2.24) is 5.43 Å². The van der Waals surface area contributed by atoms with Crippen molar-refractivity contribution in [3.8, 4) is 11.5 Å². The lowest BCUT2D eigenvalue weighted by Crippen LogP contribution is -2.24. The Morgan fingerprint density at radius 1 is 1.16 bits per heavy atom. The fourth-order valence-electron chi connectivity index (χ4n) is 1.81. The maximum absolute atomic E-state index is 11.2. The minimum absolute atomic E-state index is 0.0272. The first-order valence-corrected chi connectivity index (χ1v) is 7.07. The number of nitro benzene ring substituents is 2. The number of nitrogens with one attached hydrogen (secondary N) is 1. The monoisotopic (exact) mass is 361 g/mol. The molecule has 2 aromatic rings. The van der Waals surface area contributed by atoms with Crippen molar-refractivity contribution in [2.24, 2.45) is 10.8 Å². The fourth-order valence-corrected chi connectivity index (χ4v) is 1.87. The van der Waals surface area contributed by atoms with Crippen LogP contribution in [0.4, 0.5) is 11.4 Å². The van der Waals surface area contributed by atoms with Gasteiger partial charge in [-0.15, -0.1) is 0 Å². The van der Waals surface area contributed by atoms with Crippen LogP contribution in [0.2, 0.25) is 0 Å². The van der Waals surface area contributed by atoms with Gasteiger partial charge in [0.05, 0.1) is 22.1 Å². The maximum atomic E-state index is 11.2. The highest BCUT2D eigenvalue weighted by atomic mass is 32.1. The number of ether oxygens (including phenoxy) is 1. The van der Waals surface area contributed by atoms with Crippen LogP contribution in [0.15, 0.2) is 47.6 Å². The smallest absolute Gasteiger partial charge is 0.318 e. The Morgan fingerprint density at radius 3 is 2.52 bits per heavy atom. The van der Waals surface area contributed by atoms with E-state index in [1.807, 2.05) is 0 Å². The molecule has 0 heterocycles. The number of benzene rings is 2. The molecule has 0 unspecified atom stereocenters. The van der Waals surface area contributed by atoms with Gasteiger partial charge < -0.3 is 10.5 Å². The van der Waals surface area contributed by atoms with Crippen LogP contribution in [0.1, 0.15) is 5.56 Å². The van der Waals surface area contributed by atoms with E-state index in [4.69, 9.17) is 10.5 Å². The molecule has 2 aromatic carbocycles. The second-order valence-electron chi connectivity index (χ2n) is 4.54. The van der Waals surface area contributed by atoms with Crippen LogP contribution in [0.3, 0.4) is 0 Å². The molecule has 0 aromatic heterocycles. The summed E-state index contributed by atoms with van der Waals surface area (Å²) in [6.45, 7) is 0. The molecule has 25 heavy (non-hydrogen) atoms. The minimum atomic E-state index is -0.756. The second-order valence-corrected chi connectivity index (χ2v) is 4.98. The van der Waals surface area contributed by atoms with Gasteiger partial charge in [-0.1, -0.05) is 12.1 Å². The number of hydrogen-bond donors (Lipinski definition) is 2. The largest absolute Gasteiger partial charge is 0.449 e. The van der Waals surface area contributed by atoms with E-state index < -0.39 is 21.2 Å². The number of nitrogens with two attached hydrogens (primary N) is 1. The average Bonchev–Trinajstić information content (AvgIpc) is 2.56. The molecule has 0 aliphatic rings. The standard InChI is InChI=1S/C14H11N5O5S/c15-14(25)17-16-8-9-3-1-2-4-12(9)24-13-6-5-10(18(20)21)7-11(13)19(22)23/h1-8H,(H3,15,17,25)/b16-8+. The van der Waals surface area contributed by atoms with Crippen molar-refractivity contribution >= 4 is 34.9 Å². The number of hydrazone groups is 1. The third-order valence-electron chi connectivity index (χ3n) is 2.87. The summed E-state index contributed by atoms with van der Waals surface area (Å²) in [4.78, 5) is 20.4. The Bertz CT molecular complexity index is 870. The summed E-state index contributed by atoms with van der Waals surface area (Å²) in [5.41, 5.74) is 7.18. The van der Waals surface area contributed by atoms with Gasteiger partial charge in [-0.2, -0.15) is 5.10 Å². The van der Waals surface area contributed by atoms with Crippen LogP contribution < -0.4 is 15.9 Å². The first-order valence-electron chi connectivity index (χ1n) is 6.66. The Balaban J connectivity index is 2.37. The van der Waals surface area contributed by atoms with E-state index in [0.29, 0.717) is 5.56 Å². The summed E-state index contributed by atoms with van der Waals surface area (Å²) in [6, 6.07) is 9.69. The predicted molar refractivity (Wildman–Crippen MR) is 93.8 cm³/mol. The zero-order valence-corrected chi connectivity index (χ0v) is 13.3. The molecule has 0 saturated heterocycles. The summed E-state index contributed by atoms with van der Waals surface area (Å²) in [5, 5.41) is 25.7. The van der Waals surface area contributed by atoms with E-state index in [1.54, 1.807) is 24.3 Å². The first kappa shape index (κ1) is 17.7. The number of para-hydroxylation sites is 1. The Morgan fingerprint density at radius 2 is 1.88 bits per heavy atom. The van der Waals surface area contributed by atoms with E-state index in [0.717, 1.165) is 18.2 Å². The molecule has 3 N–H and O–H groups in total. The van der Waals surface area contributed by atoms with Crippen molar-refractivity contribution in [1.29, 1.82) is 0 Å². The van der Waals surface area contributed by atoms with Gasteiger partial charge in [0, 0.05) is 11.6 Å². The van der Waals surface area contributed by atoms with Crippen molar-refractivity contribution in [3.05, 3.63) is 68.3 Å². The van der Waals surface area contributed by atoms with Crippen molar-refractivity contribution in [2.75, 3.05) is 0 Å². The van der Waals surface area contributed by atoms with Crippen LogP contribution >= 0.6 is 12.2 Å². The third kappa shape index (κ3) is 4.68. The first-order chi connectivity index (χ1) is 11.9. The highest BCUT2D eigenvalue weighted by Crippen LogP contribution is 2.35. The quantitative estimate of drug-likeness (QED) is 0.345. The number of nitro groups is 2. The lowest BCUT2D eigenvalue weighted by Gasteiger charge is -2.08. The van der Waals surface area contributed by atoms with E-state index in [-0.39, 0.29) is 16.6 Å². The van der Waals surface area contributed by atoms with Gasteiger partial charge in [-0.3, -0.25) is 25.7 Å². The van der Waals surface area contributed by atoms with Crippen LogP contribution in [0, 0.1) is 20.2 Å². The lowest BCUT2D eigenvalue weighted by atomic mass is 10.2. The summed E-state index contributed by atoms with van der Waals surface area (Å²) in [7, 11) is 0. The third-order valence-corrected chi connectivity index (χ3v) is 2.96. The van der Waals surface area contributed by atoms with Gasteiger partial charge in [0.2, 0.25) is 5.75 Å². The van der Waals surface area contributed by atoms with Crippen LogP contribution in [-0.2, 0) is 0 Å². The molecule has 0 fully saturated rings. The fraction of sp³-hybridized carbons (Fsp3) is 0. The molecule has 0 spiro atoms. The van der Waals surface area contributed by atoms with E-state index in [9.17, 15) is 20.2 Å². The molecule has 0 aliphatic carbocycles. The molecule has 0 amide bonds. The molecular formula is C14H11N5O5S.